The molecule has 1 saturated heterocycles. The number of aromatic nitrogens is 5. The Bertz CT molecular complexity index is 1430. The van der Waals surface area contributed by atoms with E-state index in [1.165, 1.54) is 0 Å². The summed E-state index contributed by atoms with van der Waals surface area (Å²) in [6, 6.07) is 7.61. The van der Waals surface area contributed by atoms with E-state index >= 15 is 0 Å². The van der Waals surface area contributed by atoms with Gasteiger partial charge in [0.1, 0.15) is 11.6 Å². The zero-order valence-electron chi connectivity index (χ0n) is 17.7. The summed E-state index contributed by atoms with van der Waals surface area (Å²) in [4.78, 5) is 35.3. The SMILES string of the molecule is Cc1cc2[nH]c(=O)c3nnc(C4CCOCC4)n3c2cc1C(=O)N1CCc2cccnc21. The standard InChI is InChI=1S/C23H22N6O3/c1-13-11-17-18(12-16(13)23(31)28-8-4-14-3-2-7-24-19(14)28)29-20(15-5-9-32-10-6-15)26-27-21(29)22(30)25-17/h2-3,7,11-12,15H,4-6,8-10H2,1H3,(H,25,30). The second-order valence-corrected chi connectivity index (χ2v) is 8.44. The topological polar surface area (TPSA) is 105 Å². The molecule has 1 aromatic carbocycles. The number of amides is 1. The Hall–Kier alpha value is -3.59. The van der Waals surface area contributed by atoms with E-state index in [1.54, 1.807) is 11.1 Å². The molecule has 9 nitrogen and oxygen atoms in total. The predicted molar refractivity (Wildman–Crippen MR) is 118 cm³/mol. The van der Waals surface area contributed by atoms with Crippen LogP contribution in [-0.2, 0) is 11.2 Å². The Kier molecular flexibility index (Phi) is 4.32. The lowest BCUT2D eigenvalue weighted by Crippen LogP contribution is -2.30. The van der Waals surface area contributed by atoms with Gasteiger partial charge in [-0.05, 0) is 55.5 Å². The largest absolute Gasteiger partial charge is 0.381 e. The smallest absolute Gasteiger partial charge is 0.294 e. The van der Waals surface area contributed by atoms with Crippen LogP contribution in [0.3, 0.4) is 0 Å². The lowest BCUT2D eigenvalue weighted by atomic mass is 9.99. The molecule has 0 aliphatic carbocycles. The van der Waals surface area contributed by atoms with Crippen molar-refractivity contribution in [3.8, 4) is 0 Å². The van der Waals surface area contributed by atoms with Crippen molar-refractivity contribution in [1.82, 2.24) is 24.6 Å². The van der Waals surface area contributed by atoms with Gasteiger partial charge in [0.15, 0.2) is 0 Å². The molecular formula is C23H22N6O3. The summed E-state index contributed by atoms with van der Waals surface area (Å²) in [5, 5.41) is 8.54. The van der Waals surface area contributed by atoms with Crippen LogP contribution in [0.5, 0.6) is 0 Å². The van der Waals surface area contributed by atoms with E-state index in [1.807, 2.05) is 35.6 Å². The first-order valence-corrected chi connectivity index (χ1v) is 10.9. The van der Waals surface area contributed by atoms with Crippen molar-refractivity contribution in [3.05, 3.63) is 63.3 Å². The van der Waals surface area contributed by atoms with Crippen LogP contribution in [0.15, 0.2) is 35.3 Å². The summed E-state index contributed by atoms with van der Waals surface area (Å²) < 4.78 is 7.31. The maximum Gasteiger partial charge on any atom is 0.294 e. The number of hydrogen-bond donors (Lipinski definition) is 1. The van der Waals surface area contributed by atoms with Gasteiger partial charge in [0.2, 0.25) is 5.65 Å². The first-order valence-electron chi connectivity index (χ1n) is 10.9. The van der Waals surface area contributed by atoms with Gasteiger partial charge in [-0.25, -0.2) is 4.98 Å². The van der Waals surface area contributed by atoms with Crippen LogP contribution in [0, 0.1) is 6.92 Å². The van der Waals surface area contributed by atoms with Crippen molar-refractivity contribution in [3.63, 3.8) is 0 Å². The van der Waals surface area contributed by atoms with Gasteiger partial charge in [0.05, 0.1) is 11.0 Å². The fourth-order valence-electron chi connectivity index (χ4n) is 4.84. The number of anilines is 1. The number of benzene rings is 1. The molecule has 1 amide bonds. The van der Waals surface area contributed by atoms with E-state index in [0.29, 0.717) is 30.8 Å². The van der Waals surface area contributed by atoms with Crippen molar-refractivity contribution < 1.29 is 9.53 Å². The van der Waals surface area contributed by atoms with Crippen LogP contribution in [0.25, 0.3) is 16.7 Å². The minimum atomic E-state index is -0.292. The molecule has 3 aromatic heterocycles. The molecule has 4 aromatic rings. The second kappa shape index (κ2) is 7.23. The van der Waals surface area contributed by atoms with Crippen molar-refractivity contribution in [2.45, 2.75) is 32.1 Å². The molecule has 9 heteroatoms. The number of nitrogens with one attached hydrogen (secondary N) is 1. The highest BCUT2D eigenvalue weighted by molar-refractivity contribution is 6.09. The summed E-state index contributed by atoms with van der Waals surface area (Å²) in [5.41, 5.74) is 3.78. The van der Waals surface area contributed by atoms with E-state index < -0.39 is 0 Å². The number of aromatic amines is 1. The summed E-state index contributed by atoms with van der Waals surface area (Å²) in [7, 11) is 0. The first-order chi connectivity index (χ1) is 15.6. The number of carbonyl (C=O) groups excluding carboxylic acids is 1. The summed E-state index contributed by atoms with van der Waals surface area (Å²) in [6.45, 7) is 3.80. The van der Waals surface area contributed by atoms with Gasteiger partial charge in [-0.1, -0.05) is 6.07 Å². The minimum absolute atomic E-state index is 0.0955. The maximum atomic E-state index is 13.6. The third-order valence-electron chi connectivity index (χ3n) is 6.51. The fourth-order valence-corrected chi connectivity index (χ4v) is 4.84. The maximum absolute atomic E-state index is 13.6. The Morgan fingerprint density at radius 3 is 2.91 bits per heavy atom. The van der Waals surface area contributed by atoms with Gasteiger partial charge in [0, 0.05) is 37.4 Å². The number of pyridine rings is 1. The molecule has 32 heavy (non-hydrogen) atoms. The quantitative estimate of drug-likeness (QED) is 0.523. The van der Waals surface area contributed by atoms with Crippen LogP contribution in [-0.4, -0.2) is 50.2 Å². The van der Waals surface area contributed by atoms with Crippen molar-refractivity contribution in [1.29, 1.82) is 0 Å². The number of ether oxygens (including phenoxy) is 1. The van der Waals surface area contributed by atoms with Gasteiger partial charge in [-0.3, -0.25) is 18.9 Å². The monoisotopic (exact) mass is 430 g/mol. The Labute approximate surface area is 183 Å². The molecule has 0 atom stereocenters. The van der Waals surface area contributed by atoms with E-state index in [4.69, 9.17) is 4.74 Å². The Morgan fingerprint density at radius 2 is 2.06 bits per heavy atom. The summed E-state index contributed by atoms with van der Waals surface area (Å²) >= 11 is 0. The number of hydrogen-bond acceptors (Lipinski definition) is 6. The molecule has 5 heterocycles. The molecule has 6 rings (SSSR count). The molecular weight excluding hydrogens is 408 g/mol. The van der Waals surface area contributed by atoms with E-state index in [9.17, 15) is 9.59 Å². The van der Waals surface area contributed by atoms with E-state index in [-0.39, 0.29) is 23.0 Å². The van der Waals surface area contributed by atoms with Gasteiger partial charge < -0.3 is 9.72 Å². The zero-order chi connectivity index (χ0) is 21.8. The number of nitrogens with zero attached hydrogens (tertiary/aromatic N) is 5. The second-order valence-electron chi connectivity index (χ2n) is 8.44. The van der Waals surface area contributed by atoms with Gasteiger partial charge >= 0.3 is 0 Å². The molecule has 0 radical (unpaired) electrons. The third-order valence-corrected chi connectivity index (χ3v) is 6.51. The third kappa shape index (κ3) is 2.85. The lowest BCUT2D eigenvalue weighted by molar-refractivity contribution is 0.0834. The van der Waals surface area contributed by atoms with Crippen LogP contribution in [0.2, 0.25) is 0 Å². The van der Waals surface area contributed by atoms with Crippen LogP contribution >= 0.6 is 0 Å². The molecule has 2 aliphatic rings. The molecule has 162 valence electrons. The van der Waals surface area contributed by atoms with Gasteiger partial charge in [-0.15, -0.1) is 10.2 Å². The first kappa shape index (κ1) is 19.1. The van der Waals surface area contributed by atoms with E-state index in [2.05, 4.69) is 20.2 Å². The number of H-pyrrole nitrogens is 1. The number of rotatable bonds is 2. The van der Waals surface area contributed by atoms with Crippen LogP contribution in [0.4, 0.5) is 5.82 Å². The minimum Gasteiger partial charge on any atom is -0.381 e. The van der Waals surface area contributed by atoms with Gasteiger partial charge in [0.25, 0.3) is 11.5 Å². The molecule has 0 bridgehead atoms. The number of fused-ring (bicyclic) bond motifs is 4. The molecule has 0 unspecified atom stereocenters. The fraction of sp³-hybridized carbons (Fsp3) is 0.348. The Balaban J connectivity index is 1.53. The molecule has 2 aliphatic heterocycles. The Morgan fingerprint density at radius 1 is 1.22 bits per heavy atom. The highest BCUT2D eigenvalue weighted by Crippen LogP contribution is 2.30. The highest BCUT2D eigenvalue weighted by Gasteiger charge is 2.29. The average molecular weight is 430 g/mol. The van der Waals surface area contributed by atoms with E-state index in [0.717, 1.165) is 47.5 Å². The predicted octanol–water partition coefficient (Wildman–Crippen LogP) is 2.37. The number of aryl methyl sites for hydroxylation is 1. The van der Waals surface area contributed by atoms with Crippen molar-refractivity contribution in [2.24, 2.45) is 0 Å². The van der Waals surface area contributed by atoms with Gasteiger partial charge in [-0.2, -0.15) is 0 Å². The van der Waals surface area contributed by atoms with Crippen molar-refractivity contribution in [2.75, 3.05) is 24.7 Å². The molecule has 1 N–H and O–H groups in total. The average Bonchev–Trinajstić information content (AvgIpc) is 3.44. The van der Waals surface area contributed by atoms with Crippen LogP contribution < -0.4 is 10.5 Å². The molecule has 0 spiro atoms. The summed E-state index contributed by atoms with van der Waals surface area (Å²) in [6.07, 6.45) is 4.15. The molecule has 0 saturated carbocycles. The normalized spacial score (nSPS) is 16.7. The molecule has 1 fully saturated rings. The number of carbonyl (C=O) groups is 1. The zero-order valence-corrected chi connectivity index (χ0v) is 17.7. The summed E-state index contributed by atoms with van der Waals surface area (Å²) in [5.74, 6) is 1.52. The van der Waals surface area contributed by atoms with Crippen LogP contribution in [0.1, 0.15) is 46.1 Å². The van der Waals surface area contributed by atoms with Crippen molar-refractivity contribution >= 4 is 28.4 Å². The highest BCUT2D eigenvalue weighted by atomic mass is 16.5. The lowest BCUT2D eigenvalue weighted by Gasteiger charge is -2.21.